The predicted octanol–water partition coefficient (Wildman–Crippen LogP) is 3.56. The highest BCUT2D eigenvalue weighted by Crippen LogP contribution is 2.20. The number of nitrogens with zero attached hydrogens (tertiary/aromatic N) is 3. The van der Waals surface area contributed by atoms with Crippen molar-refractivity contribution in [2.45, 2.75) is 52.4 Å². The predicted molar refractivity (Wildman–Crippen MR) is 103 cm³/mol. The number of ether oxygens (including phenoxy) is 1. The van der Waals surface area contributed by atoms with Gasteiger partial charge in [-0.05, 0) is 24.6 Å². The number of aromatic nitrogens is 2. The van der Waals surface area contributed by atoms with E-state index in [0.717, 1.165) is 5.56 Å². The van der Waals surface area contributed by atoms with Crippen LogP contribution in [-0.4, -0.2) is 35.4 Å². The van der Waals surface area contributed by atoms with Gasteiger partial charge >= 0.3 is 6.18 Å². The van der Waals surface area contributed by atoms with Crippen molar-refractivity contribution in [3.8, 4) is 5.75 Å². The molecule has 2 aromatic rings. The average Bonchev–Trinajstić information content (AvgIpc) is 3.12. The van der Waals surface area contributed by atoms with Gasteiger partial charge in [-0.25, -0.2) is 4.99 Å². The Kier molecular flexibility index (Phi) is 7.46. The normalized spacial score (nSPS) is 12.7. The van der Waals surface area contributed by atoms with Gasteiger partial charge in [-0.3, -0.25) is 0 Å². The van der Waals surface area contributed by atoms with Gasteiger partial charge in [-0.2, -0.15) is 18.2 Å². The second kappa shape index (κ2) is 9.62. The molecule has 0 spiro atoms. The minimum absolute atomic E-state index is 0.159. The molecule has 1 aromatic carbocycles. The van der Waals surface area contributed by atoms with E-state index in [-0.39, 0.29) is 11.2 Å². The number of alkyl halides is 3. The van der Waals surface area contributed by atoms with Crippen molar-refractivity contribution in [1.29, 1.82) is 0 Å². The lowest BCUT2D eigenvalue weighted by atomic mass is 9.97. The number of rotatable bonds is 7. The summed E-state index contributed by atoms with van der Waals surface area (Å²) < 4.78 is 46.5. The van der Waals surface area contributed by atoms with Crippen LogP contribution in [0.2, 0.25) is 0 Å². The Morgan fingerprint density at radius 1 is 1.14 bits per heavy atom. The molecule has 0 aliphatic carbocycles. The minimum atomic E-state index is -4.36. The van der Waals surface area contributed by atoms with Crippen LogP contribution in [0.3, 0.4) is 0 Å². The number of guanidine groups is 1. The lowest BCUT2D eigenvalue weighted by molar-refractivity contribution is -0.153. The molecular formula is C19H26F3N5O2. The molecule has 1 aromatic heterocycles. The Morgan fingerprint density at radius 3 is 2.38 bits per heavy atom. The van der Waals surface area contributed by atoms with Crippen molar-refractivity contribution in [3.63, 3.8) is 0 Å². The fourth-order valence-electron chi connectivity index (χ4n) is 2.16. The highest BCUT2D eigenvalue weighted by molar-refractivity contribution is 5.79. The van der Waals surface area contributed by atoms with Crippen LogP contribution in [0.5, 0.6) is 5.75 Å². The maximum absolute atomic E-state index is 12.2. The number of nitrogens with one attached hydrogen (secondary N) is 2. The summed E-state index contributed by atoms with van der Waals surface area (Å²) >= 11 is 0. The first kappa shape index (κ1) is 22.5. The van der Waals surface area contributed by atoms with E-state index in [1.54, 1.807) is 12.1 Å². The molecule has 2 N–H and O–H groups in total. The number of aliphatic imine (C=N–C) groups is 1. The topological polar surface area (TPSA) is 84.6 Å². The van der Waals surface area contributed by atoms with Crippen LogP contribution in [0.4, 0.5) is 13.2 Å². The molecule has 2 rings (SSSR count). The zero-order valence-electron chi connectivity index (χ0n) is 16.9. The smallest absolute Gasteiger partial charge is 0.422 e. The van der Waals surface area contributed by atoms with Gasteiger partial charge in [0.2, 0.25) is 5.89 Å². The van der Waals surface area contributed by atoms with Crippen LogP contribution in [0.1, 0.15) is 45.0 Å². The molecule has 0 radical (unpaired) electrons. The molecule has 0 saturated heterocycles. The first-order chi connectivity index (χ1) is 13.6. The SMILES string of the molecule is CCNC(=NCc1ccc(OCC(F)(F)F)cc1)NCc1noc(C(C)(C)C)n1. The molecule has 10 heteroatoms. The highest BCUT2D eigenvalue weighted by Gasteiger charge is 2.28. The van der Waals surface area contributed by atoms with Gasteiger partial charge in [0.15, 0.2) is 18.4 Å². The molecule has 0 aliphatic rings. The highest BCUT2D eigenvalue weighted by atomic mass is 19.4. The van der Waals surface area contributed by atoms with Crippen molar-refractivity contribution in [1.82, 2.24) is 20.8 Å². The van der Waals surface area contributed by atoms with Crippen LogP contribution in [-0.2, 0) is 18.5 Å². The lowest BCUT2D eigenvalue weighted by Crippen LogP contribution is -2.37. The largest absolute Gasteiger partial charge is 0.484 e. The summed E-state index contributed by atoms with van der Waals surface area (Å²) in [6, 6.07) is 6.33. The third-order valence-corrected chi connectivity index (χ3v) is 3.61. The third kappa shape index (κ3) is 8.00. The van der Waals surface area contributed by atoms with Crippen LogP contribution in [0, 0.1) is 0 Å². The average molecular weight is 413 g/mol. The van der Waals surface area contributed by atoms with Gasteiger partial charge in [-0.15, -0.1) is 0 Å². The van der Waals surface area contributed by atoms with Crippen molar-refractivity contribution < 1.29 is 22.4 Å². The Morgan fingerprint density at radius 2 is 1.83 bits per heavy atom. The number of halogens is 3. The number of hydrogen-bond donors (Lipinski definition) is 2. The number of hydrogen-bond acceptors (Lipinski definition) is 5. The molecule has 0 aliphatic heterocycles. The summed E-state index contributed by atoms with van der Waals surface area (Å²) in [5.41, 5.74) is 0.607. The molecule has 1 heterocycles. The fourth-order valence-corrected chi connectivity index (χ4v) is 2.16. The van der Waals surface area contributed by atoms with E-state index in [9.17, 15) is 13.2 Å². The van der Waals surface area contributed by atoms with Crippen LogP contribution < -0.4 is 15.4 Å². The second-order valence-electron chi connectivity index (χ2n) is 7.36. The summed E-state index contributed by atoms with van der Waals surface area (Å²) in [4.78, 5) is 8.82. The monoisotopic (exact) mass is 413 g/mol. The maximum Gasteiger partial charge on any atom is 0.422 e. The summed E-state index contributed by atoms with van der Waals surface area (Å²) in [7, 11) is 0. The van der Waals surface area contributed by atoms with E-state index in [2.05, 4.69) is 25.8 Å². The second-order valence-corrected chi connectivity index (χ2v) is 7.36. The van der Waals surface area contributed by atoms with Crippen LogP contribution >= 0.6 is 0 Å². The lowest BCUT2D eigenvalue weighted by Gasteiger charge is -2.11. The zero-order valence-corrected chi connectivity index (χ0v) is 16.9. The van der Waals surface area contributed by atoms with Crippen molar-refractivity contribution in [2.24, 2.45) is 4.99 Å². The van der Waals surface area contributed by atoms with E-state index in [4.69, 9.17) is 9.26 Å². The summed E-state index contributed by atoms with van der Waals surface area (Å²) in [5, 5.41) is 10.2. The third-order valence-electron chi connectivity index (χ3n) is 3.61. The zero-order chi connectivity index (χ0) is 21.5. The molecule has 29 heavy (non-hydrogen) atoms. The van der Waals surface area contributed by atoms with Crippen molar-refractivity contribution in [3.05, 3.63) is 41.5 Å². The molecule has 0 saturated carbocycles. The standard InChI is InChI=1S/C19H26F3N5O2/c1-5-23-17(25-11-15-26-16(29-27-15)18(2,3)4)24-10-13-6-8-14(9-7-13)28-12-19(20,21)22/h6-9H,5,10-12H2,1-4H3,(H2,23,24,25). The molecule has 160 valence electrons. The fraction of sp³-hybridized carbons (Fsp3) is 0.526. The Bertz CT molecular complexity index is 795. The molecule has 0 unspecified atom stereocenters. The Labute approximate surface area is 167 Å². The van der Waals surface area contributed by atoms with Crippen molar-refractivity contribution >= 4 is 5.96 Å². The molecule has 0 atom stereocenters. The van der Waals surface area contributed by atoms with Crippen molar-refractivity contribution in [2.75, 3.05) is 13.2 Å². The molecular weight excluding hydrogens is 387 g/mol. The van der Waals surface area contributed by atoms with E-state index in [0.29, 0.717) is 37.3 Å². The van der Waals surface area contributed by atoms with Gasteiger partial charge in [-0.1, -0.05) is 38.1 Å². The summed E-state index contributed by atoms with van der Waals surface area (Å²) in [5.74, 6) is 1.80. The Balaban J connectivity index is 1.92. The first-order valence-electron chi connectivity index (χ1n) is 9.20. The van der Waals surface area contributed by atoms with E-state index >= 15 is 0 Å². The van der Waals surface area contributed by atoms with Gasteiger partial charge in [0.05, 0.1) is 13.1 Å². The van der Waals surface area contributed by atoms with Gasteiger partial charge in [0, 0.05) is 12.0 Å². The van der Waals surface area contributed by atoms with Gasteiger partial charge < -0.3 is 19.9 Å². The number of benzene rings is 1. The Hall–Kier alpha value is -2.78. The summed E-state index contributed by atoms with van der Waals surface area (Å²) in [6.07, 6.45) is -4.36. The molecule has 0 amide bonds. The van der Waals surface area contributed by atoms with Gasteiger partial charge in [0.1, 0.15) is 5.75 Å². The maximum atomic E-state index is 12.2. The summed E-state index contributed by atoms with van der Waals surface area (Å²) in [6.45, 7) is 7.94. The van der Waals surface area contributed by atoms with Crippen LogP contribution in [0.15, 0.2) is 33.8 Å². The quantitative estimate of drug-likeness (QED) is 0.533. The van der Waals surface area contributed by atoms with E-state index < -0.39 is 12.8 Å². The minimum Gasteiger partial charge on any atom is -0.484 e. The molecule has 0 bridgehead atoms. The molecule has 0 fully saturated rings. The molecule has 7 nitrogen and oxygen atoms in total. The first-order valence-corrected chi connectivity index (χ1v) is 9.20. The van der Waals surface area contributed by atoms with E-state index in [1.807, 2.05) is 27.7 Å². The van der Waals surface area contributed by atoms with Crippen LogP contribution in [0.25, 0.3) is 0 Å². The van der Waals surface area contributed by atoms with Gasteiger partial charge in [0.25, 0.3) is 0 Å². The van der Waals surface area contributed by atoms with E-state index in [1.165, 1.54) is 12.1 Å².